The molecule has 0 heterocycles. The van der Waals surface area contributed by atoms with Gasteiger partial charge in [0.15, 0.2) is 0 Å². The second-order valence-electron chi connectivity index (χ2n) is 4.22. The number of carbonyl (C=O) groups excluding carboxylic acids is 2. The maximum atomic E-state index is 11.2. The molecule has 0 fully saturated rings. The Kier molecular flexibility index (Phi) is 6.93. The molecule has 0 aromatic carbocycles. The first-order chi connectivity index (χ1) is 7.85. The van der Waals surface area contributed by atoms with Crippen LogP contribution < -0.4 is 5.32 Å². The van der Waals surface area contributed by atoms with E-state index in [9.17, 15) is 9.59 Å². The summed E-state index contributed by atoms with van der Waals surface area (Å²) in [6, 6.07) is 0. The highest BCUT2D eigenvalue weighted by molar-refractivity contribution is 6.23. The molecule has 0 aromatic rings. The molecule has 0 saturated carbocycles. The Morgan fingerprint density at radius 3 is 2.53 bits per heavy atom. The summed E-state index contributed by atoms with van der Waals surface area (Å²) in [5, 5.41) is 2.52. The van der Waals surface area contributed by atoms with E-state index in [1.165, 1.54) is 0 Å². The molecule has 0 spiro atoms. The summed E-state index contributed by atoms with van der Waals surface area (Å²) in [5.74, 6) is -0.482. The lowest BCUT2D eigenvalue weighted by atomic mass is 10.2. The molecule has 0 saturated heterocycles. The van der Waals surface area contributed by atoms with E-state index in [1.54, 1.807) is 27.7 Å². The van der Waals surface area contributed by atoms with E-state index in [1.807, 2.05) is 0 Å². The van der Waals surface area contributed by atoms with Crippen molar-refractivity contribution in [3.8, 4) is 0 Å². The third-order valence-electron chi connectivity index (χ3n) is 1.39. The zero-order chi connectivity index (χ0) is 13.3. The van der Waals surface area contributed by atoms with Crippen molar-refractivity contribution < 1.29 is 19.1 Å². The van der Waals surface area contributed by atoms with Gasteiger partial charge < -0.3 is 14.8 Å². The lowest BCUT2D eigenvalue weighted by Gasteiger charge is -2.19. The monoisotopic (exact) mass is 244 g/mol. The fourth-order valence-corrected chi connectivity index (χ4v) is 0.855. The zero-order valence-corrected chi connectivity index (χ0v) is 10.8. The van der Waals surface area contributed by atoms with Crippen LogP contribution in [0.2, 0.25) is 0 Å². The minimum absolute atomic E-state index is 0.304. The van der Waals surface area contributed by atoms with Gasteiger partial charge in [-0.2, -0.15) is 0 Å². The number of amides is 1. The summed E-state index contributed by atoms with van der Waals surface area (Å²) < 4.78 is 9.65. The molecule has 98 valence electrons. The van der Waals surface area contributed by atoms with Crippen LogP contribution in [0.1, 0.15) is 27.7 Å². The van der Waals surface area contributed by atoms with Crippen molar-refractivity contribution in [2.45, 2.75) is 33.3 Å². The lowest BCUT2D eigenvalue weighted by Crippen LogP contribution is -2.33. The molecule has 0 bridgehead atoms. The minimum atomic E-state index is -0.516. The maximum Gasteiger partial charge on any atom is 0.407 e. The van der Waals surface area contributed by atoms with Crippen LogP contribution in [-0.2, 0) is 14.3 Å². The van der Waals surface area contributed by atoms with Gasteiger partial charge in [0.1, 0.15) is 11.8 Å². The standard InChI is InChI=1S/C11H20N2O4/c1-5-16-9(14)8-12-6-7-13-10(15)17-11(2,3)4/h8H,5-7H2,1-4H3,(H,13,15). The van der Waals surface area contributed by atoms with Gasteiger partial charge in [-0.1, -0.05) is 0 Å². The number of carbonyl (C=O) groups is 2. The SMILES string of the molecule is CCOC(=O)C=NCCNC(=O)OC(C)(C)C. The number of hydrogen-bond donors (Lipinski definition) is 1. The predicted octanol–water partition coefficient (Wildman–Crippen LogP) is 1.14. The van der Waals surface area contributed by atoms with E-state index < -0.39 is 17.7 Å². The van der Waals surface area contributed by atoms with Gasteiger partial charge in [-0.05, 0) is 27.7 Å². The summed E-state index contributed by atoms with van der Waals surface area (Å²) in [5.41, 5.74) is -0.516. The van der Waals surface area contributed by atoms with E-state index >= 15 is 0 Å². The van der Waals surface area contributed by atoms with Gasteiger partial charge in [0.2, 0.25) is 0 Å². The maximum absolute atomic E-state index is 11.2. The number of alkyl carbamates (subject to hydrolysis) is 1. The summed E-state index contributed by atoms with van der Waals surface area (Å²) in [6.07, 6.45) is 0.601. The smallest absolute Gasteiger partial charge is 0.407 e. The molecular formula is C11H20N2O4. The second kappa shape index (κ2) is 7.65. The van der Waals surface area contributed by atoms with Crippen LogP contribution in [0, 0.1) is 0 Å². The number of esters is 1. The third-order valence-corrected chi connectivity index (χ3v) is 1.39. The first-order valence-electron chi connectivity index (χ1n) is 5.48. The lowest BCUT2D eigenvalue weighted by molar-refractivity contribution is -0.134. The first-order valence-corrected chi connectivity index (χ1v) is 5.48. The van der Waals surface area contributed by atoms with E-state index in [2.05, 4.69) is 15.0 Å². The molecule has 0 aliphatic carbocycles. The largest absolute Gasteiger partial charge is 0.462 e. The molecule has 1 amide bonds. The molecule has 0 aliphatic rings. The fourth-order valence-electron chi connectivity index (χ4n) is 0.855. The summed E-state index contributed by atoms with van der Waals surface area (Å²) in [4.78, 5) is 25.8. The van der Waals surface area contributed by atoms with Crippen LogP contribution in [0.15, 0.2) is 4.99 Å². The fraction of sp³-hybridized carbons (Fsp3) is 0.727. The van der Waals surface area contributed by atoms with Gasteiger partial charge in [-0.3, -0.25) is 4.99 Å². The molecule has 0 rings (SSSR count). The minimum Gasteiger partial charge on any atom is -0.462 e. The predicted molar refractivity (Wildman–Crippen MR) is 64.2 cm³/mol. The van der Waals surface area contributed by atoms with E-state index in [0.29, 0.717) is 19.7 Å². The summed E-state index contributed by atoms with van der Waals surface area (Å²) >= 11 is 0. The van der Waals surface area contributed by atoms with E-state index in [-0.39, 0.29) is 0 Å². The van der Waals surface area contributed by atoms with Crippen LogP contribution >= 0.6 is 0 Å². The van der Waals surface area contributed by atoms with Gasteiger partial charge >= 0.3 is 12.1 Å². The zero-order valence-electron chi connectivity index (χ0n) is 10.8. The summed E-state index contributed by atoms with van der Waals surface area (Å²) in [7, 11) is 0. The van der Waals surface area contributed by atoms with Crippen molar-refractivity contribution in [1.29, 1.82) is 0 Å². The van der Waals surface area contributed by atoms with Gasteiger partial charge in [0.05, 0.1) is 13.2 Å². The quantitative estimate of drug-likeness (QED) is 0.447. The third kappa shape index (κ3) is 10.7. The molecule has 0 radical (unpaired) electrons. The number of ether oxygens (including phenoxy) is 2. The van der Waals surface area contributed by atoms with Crippen LogP contribution in [0.4, 0.5) is 4.79 Å². The second-order valence-corrected chi connectivity index (χ2v) is 4.22. The highest BCUT2D eigenvalue weighted by atomic mass is 16.6. The molecule has 0 aliphatic heterocycles. The molecular weight excluding hydrogens is 224 g/mol. The number of aliphatic imine (C=N–C) groups is 1. The molecule has 17 heavy (non-hydrogen) atoms. The molecule has 0 atom stereocenters. The van der Waals surface area contributed by atoms with Crippen LogP contribution in [0.25, 0.3) is 0 Å². The number of hydrogen-bond acceptors (Lipinski definition) is 5. The van der Waals surface area contributed by atoms with Crippen molar-refractivity contribution >= 4 is 18.3 Å². The van der Waals surface area contributed by atoms with Crippen molar-refractivity contribution in [2.24, 2.45) is 4.99 Å². The first kappa shape index (κ1) is 15.4. The van der Waals surface area contributed by atoms with Crippen molar-refractivity contribution in [3.05, 3.63) is 0 Å². The Balaban J connectivity index is 3.64. The van der Waals surface area contributed by atoms with Gasteiger partial charge in [-0.25, -0.2) is 9.59 Å². The molecule has 1 N–H and O–H groups in total. The number of rotatable bonds is 5. The van der Waals surface area contributed by atoms with E-state index in [0.717, 1.165) is 6.21 Å². The number of nitrogens with zero attached hydrogens (tertiary/aromatic N) is 1. The normalized spacial score (nSPS) is 11.3. The Morgan fingerprint density at radius 1 is 1.35 bits per heavy atom. The van der Waals surface area contributed by atoms with Crippen molar-refractivity contribution in [2.75, 3.05) is 19.7 Å². The molecule has 0 unspecified atom stereocenters. The Labute approximate surface area is 101 Å². The summed E-state index contributed by atoms with van der Waals surface area (Å²) in [6.45, 7) is 8.00. The molecule has 6 nitrogen and oxygen atoms in total. The van der Waals surface area contributed by atoms with Crippen molar-refractivity contribution in [1.82, 2.24) is 5.32 Å². The average molecular weight is 244 g/mol. The van der Waals surface area contributed by atoms with Crippen LogP contribution in [0.3, 0.4) is 0 Å². The number of nitrogens with one attached hydrogen (secondary N) is 1. The van der Waals surface area contributed by atoms with E-state index in [4.69, 9.17) is 4.74 Å². The Hall–Kier alpha value is -1.59. The average Bonchev–Trinajstić information content (AvgIpc) is 2.14. The van der Waals surface area contributed by atoms with Crippen molar-refractivity contribution in [3.63, 3.8) is 0 Å². The highest BCUT2D eigenvalue weighted by Gasteiger charge is 2.15. The highest BCUT2D eigenvalue weighted by Crippen LogP contribution is 2.05. The van der Waals surface area contributed by atoms with Crippen LogP contribution in [0.5, 0.6) is 0 Å². The Bertz CT molecular complexity index is 282. The molecule has 0 aromatic heterocycles. The van der Waals surface area contributed by atoms with Gasteiger partial charge in [-0.15, -0.1) is 0 Å². The molecule has 6 heteroatoms. The van der Waals surface area contributed by atoms with Gasteiger partial charge in [0.25, 0.3) is 0 Å². The van der Waals surface area contributed by atoms with Gasteiger partial charge in [0, 0.05) is 6.54 Å². The van der Waals surface area contributed by atoms with Crippen LogP contribution in [-0.4, -0.2) is 43.6 Å². The topological polar surface area (TPSA) is 77.0 Å². The Morgan fingerprint density at radius 2 is 2.00 bits per heavy atom.